The number of carbonyl (C=O) groups excluding carboxylic acids is 1. The number of rotatable bonds is 3. The Morgan fingerprint density at radius 2 is 2.07 bits per heavy atom. The van der Waals surface area contributed by atoms with E-state index in [4.69, 9.17) is 23.2 Å². The van der Waals surface area contributed by atoms with Gasteiger partial charge in [0.1, 0.15) is 0 Å². The molecule has 1 aromatic rings. The summed E-state index contributed by atoms with van der Waals surface area (Å²) in [5.41, 5.74) is 0.649. The highest BCUT2D eigenvalue weighted by atomic mass is 35.5. The fraction of sp³-hybridized carbons (Fsp3) is 0.364. The van der Waals surface area contributed by atoms with Gasteiger partial charge in [-0.1, -0.05) is 23.2 Å². The van der Waals surface area contributed by atoms with Crippen molar-refractivity contribution in [2.45, 2.75) is 6.42 Å². The molecule has 0 radical (unpaired) electrons. The average molecular weight is 244 g/mol. The Bertz CT molecular complexity index is 388. The van der Waals surface area contributed by atoms with E-state index in [9.17, 15) is 4.79 Å². The molecule has 1 heterocycles. The Morgan fingerprint density at radius 3 is 2.60 bits per heavy atom. The third-order valence-corrected chi connectivity index (χ3v) is 3.32. The van der Waals surface area contributed by atoms with Crippen molar-refractivity contribution >= 4 is 29.0 Å². The van der Waals surface area contributed by atoms with E-state index in [1.807, 2.05) is 0 Å². The number of nitrogens with one attached hydrogen (secondary N) is 1. The summed E-state index contributed by atoms with van der Waals surface area (Å²) in [6.45, 7) is 1.88. The summed E-state index contributed by atoms with van der Waals surface area (Å²) in [5.74, 6) is 0.618. The molecule has 1 aliphatic heterocycles. The van der Waals surface area contributed by atoms with Gasteiger partial charge in [0.2, 0.25) is 0 Å². The minimum absolute atomic E-state index is 0.139. The van der Waals surface area contributed by atoms with Gasteiger partial charge in [-0.15, -0.1) is 0 Å². The second kappa shape index (κ2) is 4.52. The molecule has 0 unspecified atom stereocenters. The van der Waals surface area contributed by atoms with Gasteiger partial charge in [0, 0.05) is 12.0 Å². The summed E-state index contributed by atoms with van der Waals surface area (Å²) in [6, 6.07) is 5.02. The van der Waals surface area contributed by atoms with Gasteiger partial charge in [-0.2, -0.15) is 0 Å². The molecule has 2 nitrogen and oxygen atoms in total. The summed E-state index contributed by atoms with van der Waals surface area (Å²) in [6.07, 6.45) is 0.588. The van der Waals surface area contributed by atoms with Crippen molar-refractivity contribution in [1.82, 2.24) is 5.32 Å². The molecule has 80 valence electrons. The van der Waals surface area contributed by atoms with Gasteiger partial charge < -0.3 is 5.32 Å². The molecule has 15 heavy (non-hydrogen) atoms. The molecule has 0 amide bonds. The predicted molar refractivity (Wildman–Crippen MR) is 61.8 cm³/mol. The number of carbonyl (C=O) groups is 1. The maximum absolute atomic E-state index is 11.8. The molecule has 0 spiro atoms. The van der Waals surface area contributed by atoms with Crippen LogP contribution in [0.1, 0.15) is 16.8 Å². The molecule has 1 aromatic carbocycles. The average Bonchev–Trinajstić information content (AvgIpc) is 2.15. The number of ketones is 1. The minimum atomic E-state index is 0.139. The second-order valence-electron chi connectivity index (χ2n) is 3.78. The van der Waals surface area contributed by atoms with E-state index < -0.39 is 0 Å². The molecule has 1 saturated heterocycles. The van der Waals surface area contributed by atoms with Crippen LogP contribution in [0.4, 0.5) is 0 Å². The highest BCUT2D eigenvalue weighted by Crippen LogP contribution is 2.24. The van der Waals surface area contributed by atoms with Gasteiger partial charge in [0.05, 0.1) is 10.0 Å². The van der Waals surface area contributed by atoms with Gasteiger partial charge >= 0.3 is 0 Å². The summed E-state index contributed by atoms with van der Waals surface area (Å²) >= 11 is 11.6. The summed E-state index contributed by atoms with van der Waals surface area (Å²) < 4.78 is 0. The van der Waals surface area contributed by atoms with Gasteiger partial charge in [-0.25, -0.2) is 0 Å². The van der Waals surface area contributed by atoms with Crippen LogP contribution in [0.5, 0.6) is 0 Å². The lowest BCUT2D eigenvalue weighted by Crippen LogP contribution is -2.42. The third kappa shape index (κ3) is 2.51. The molecule has 0 saturated carbocycles. The van der Waals surface area contributed by atoms with Crippen LogP contribution >= 0.6 is 23.2 Å². The second-order valence-corrected chi connectivity index (χ2v) is 4.59. The zero-order valence-electron chi connectivity index (χ0n) is 8.09. The van der Waals surface area contributed by atoms with E-state index in [-0.39, 0.29) is 5.78 Å². The Balaban J connectivity index is 2.07. The van der Waals surface area contributed by atoms with E-state index in [0.29, 0.717) is 27.9 Å². The Labute approximate surface area is 98.6 Å². The summed E-state index contributed by atoms with van der Waals surface area (Å²) in [5, 5.41) is 4.06. The number of halogens is 2. The van der Waals surface area contributed by atoms with Crippen molar-refractivity contribution in [1.29, 1.82) is 0 Å². The fourth-order valence-electron chi connectivity index (χ4n) is 1.54. The lowest BCUT2D eigenvalue weighted by atomic mass is 9.94. The molecule has 2 rings (SSSR count). The van der Waals surface area contributed by atoms with Crippen LogP contribution in [-0.4, -0.2) is 18.9 Å². The summed E-state index contributed by atoms with van der Waals surface area (Å²) in [4.78, 5) is 11.8. The molecule has 1 aliphatic rings. The monoisotopic (exact) mass is 243 g/mol. The van der Waals surface area contributed by atoms with Gasteiger partial charge in [-0.3, -0.25) is 4.79 Å². The van der Waals surface area contributed by atoms with Crippen molar-refractivity contribution in [2.24, 2.45) is 5.92 Å². The first-order valence-corrected chi connectivity index (χ1v) is 5.61. The van der Waals surface area contributed by atoms with Crippen molar-refractivity contribution in [2.75, 3.05) is 13.1 Å². The Hall–Kier alpha value is -0.570. The fourth-order valence-corrected chi connectivity index (χ4v) is 1.84. The van der Waals surface area contributed by atoms with Crippen LogP contribution in [-0.2, 0) is 0 Å². The van der Waals surface area contributed by atoms with Crippen LogP contribution in [0.3, 0.4) is 0 Å². The number of hydrogen-bond donors (Lipinski definition) is 1. The standard InChI is InChI=1S/C11H11Cl2NO/c12-9-2-1-8(4-10(9)13)11(15)3-7-5-14-6-7/h1-2,4,7,14H,3,5-6H2. The number of benzene rings is 1. The van der Waals surface area contributed by atoms with E-state index in [1.165, 1.54) is 0 Å². The van der Waals surface area contributed by atoms with Gasteiger partial charge in [0.25, 0.3) is 0 Å². The number of Topliss-reactive ketones (excluding diaryl/α,β-unsaturated/α-hetero) is 1. The SMILES string of the molecule is O=C(CC1CNC1)c1ccc(Cl)c(Cl)c1. The predicted octanol–water partition coefficient (Wildman–Crippen LogP) is 2.79. The molecule has 1 N–H and O–H groups in total. The normalized spacial score (nSPS) is 16.1. The first kappa shape index (κ1) is 10.9. The summed E-state index contributed by atoms with van der Waals surface area (Å²) in [7, 11) is 0. The molecule has 0 aromatic heterocycles. The Morgan fingerprint density at radius 1 is 1.33 bits per heavy atom. The maximum Gasteiger partial charge on any atom is 0.163 e. The Kier molecular flexibility index (Phi) is 3.29. The number of hydrogen-bond acceptors (Lipinski definition) is 2. The maximum atomic E-state index is 11.8. The molecular formula is C11H11Cl2NO. The first-order valence-electron chi connectivity index (χ1n) is 4.86. The molecule has 1 fully saturated rings. The molecular weight excluding hydrogens is 233 g/mol. The molecule has 0 bridgehead atoms. The lowest BCUT2D eigenvalue weighted by Gasteiger charge is -2.26. The zero-order valence-corrected chi connectivity index (χ0v) is 9.61. The zero-order chi connectivity index (χ0) is 10.8. The van der Waals surface area contributed by atoms with Crippen molar-refractivity contribution in [3.63, 3.8) is 0 Å². The first-order chi connectivity index (χ1) is 7.16. The van der Waals surface area contributed by atoms with E-state index >= 15 is 0 Å². The molecule has 0 atom stereocenters. The van der Waals surface area contributed by atoms with Gasteiger partial charge in [-0.05, 0) is 37.2 Å². The highest BCUT2D eigenvalue weighted by molar-refractivity contribution is 6.42. The van der Waals surface area contributed by atoms with Crippen molar-refractivity contribution < 1.29 is 4.79 Å². The highest BCUT2D eigenvalue weighted by Gasteiger charge is 2.21. The van der Waals surface area contributed by atoms with Crippen LogP contribution in [0.2, 0.25) is 10.0 Å². The topological polar surface area (TPSA) is 29.1 Å². The molecule has 0 aliphatic carbocycles. The quantitative estimate of drug-likeness (QED) is 0.828. The van der Waals surface area contributed by atoms with Gasteiger partial charge in [0.15, 0.2) is 5.78 Å². The smallest absolute Gasteiger partial charge is 0.163 e. The van der Waals surface area contributed by atoms with E-state index in [1.54, 1.807) is 18.2 Å². The largest absolute Gasteiger partial charge is 0.316 e. The van der Waals surface area contributed by atoms with Crippen LogP contribution < -0.4 is 5.32 Å². The van der Waals surface area contributed by atoms with E-state index in [2.05, 4.69) is 5.32 Å². The third-order valence-electron chi connectivity index (χ3n) is 2.58. The minimum Gasteiger partial charge on any atom is -0.316 e. The van der Waals surface area contributed by atoms with Crippen LogP contribution in [0.25, 0.3) is 0 Å². The van der Waals surface area contributed by atoms with Crippen LogP contribution in [0.15, 0.2) is 18.2 Å². The van der Waals surface area contributed by atoms with Crippen molar-refractivity contribution in [3.8, 4) is 0 Å². The van der Waals surface area contributed by atoms with Crippen molar-refractivity contribution in [3.05, 3.63) is 33.8 Å². The van der Waals surface area contributed by atoms with Crippen LogP contribution in [0, 0.1) is 5.92 Å². The van der Waals surface area contributed by atoms with E-state index in [0.717, 1.165) is 13.1 Å². The molecule has 4 heteroatoms. The lowest BCUT2D eigenvalue weighted by molar-refractivity contribution is 0.0945.